The van der Waals surface area contributed by atoms with Crippen LogP contribution in [0, 0.1) is 5.92 Å². The minimum absolute atomic E-state index is 0.0544. The number of benzene rings is 1. The van der Waals surface area contributed by atoms with Gasteiger partial charge in [0.2, 0.25) is 15.9 Å². The summed E-state index contributed by atoms with van der Waals surface area (Å²) in [6, 6.07) is 8.76. The molecular weight excluding hydrogens is 395 g/mol. The smallest absolute Gasteiger partial charge is 0.310 e. The Hall–Kier alpha value is -2.46. The first-order valence-corrected chi connectivity index (χ1v) is 10.0. The Labute approximate surface area is 160 Å². The molecule has 2 heterocycles. The van der Waals surface area contributed by atoms with Gasteiger partial charge in [-0.25, -0.2) is 13.4 Å². The van der Waals surface area contributed by atoms with E-state index in [1.54, 1.807) is 24.4 Å². The van der Waals surface area contributed by atoms with Gasteiger partial charge in [-0.2, -0.15) is 17.5 Å². The summed E-state index contributed by atoms with van der Waals surface area (Å²) in [5.74, 6) is -0.240. The molecule has 0 spiro atoms. The number of halogens is 3. The van der Waals surface area contributed by atoms with Crippen molar-refractivity contribution in [2.75, 3.05) is 18.4 Å². The number of amides is 1. The van der Waals surface area contributed by atoms with Crippen molar-refractivity contribution < 1.29 is 26.4 Å². The summed E-state index contributed by atoms with van der Waals surface area (Å²) in [4.78, 5) is 15.9. The summed E-state index contributed by atoms with van der Waals surface area (Å²) in [5, 5.41) is 2.68. The minimum atomic E-state index is -4.62. The summed E-state index contributed by atoms with van der Waals surface area (Å²) in [5.41, 5.74) is -1.02. The van der Waals surface area contributed by atoms with Gasteiger partial charge >= 0.3 is 6.18 Å². The maximum absolute atomic E-state index is 12.9. The van der Waals surface area contributed by atoms with Crippen molar-refractivity contribution in [2.45, 2.75) is 23.9 Å². The van der Waals surface area contributed by atoms with Crippen LogP contribution in [0.3, 0.4) is 0 Å². The highest BCUT2D eigenvalue weighted by Crippen LogP contribution is 2.32. The molecule has 0 radical (unpaired) electrons. The van der Waals surface area contributed by atoms with Gasteiger partial charge in [0.05, 0.1) is 10.5 Å². The average molecular weight is 413 g/mol. The van der Waals surface area contributed by atoms with Crippen LogP contribution >= 0.6 is 0 Å². The molecule has 1 saturated heterocycles. The fourth-order valence-corrected chi connectivity index (χ4v) is 4.52. The van der Waals surface area contributed by atoms with Crippen molar-refractivity contribution in [1.82, 2.24) is 9.29 Å². The standard InChI is InChI=1S/C18H18F3N3O3S/c19-18(20,21)14-4-3-5-15(12-14)28(26,27)24-10-7-13(8-11-24)17(25)23-16-6-1-2-9-22-16/h1-6,9,12-13H,7-8,10-11H2,(H,22,23,25). The predicted octanol–water partition coefficient (Wildman–Crippen LogP) is 3.14. The lowest BCUT2D eigenvalue weighted by Gasteiger charge is -2.30. The van der Waals surface area contributed by atoms with Gasteiger partial charge < -0.3 is 5.32 Å². The van der Waals surface area contributed by atoms with Crippen molar-refractivity contribution in [1.29, 1.82) is 0 Å². The number of pyridine rings is 1. The van der Waals surface area contributed by atoms with Crippen molar-refractivity contribution in [2.24, 2.45) is 5.92 Å². The molecule has 150 valence electrons. The molecule has 1 fully saturated rings. The van der Waals surface area contributed by atoms with Crippen LogP contribution in [-0.4, -0.2) is 36.7 Å². The van der Waals surface area contributed by atoms with E-state index in [-0.39, 0.29) is 31.8 Å². The maximum Gasteiger partial charge on any atom is 0.416 e. The molecule has 3 rings (SSSR count). The second-order valence-corrected chi connectivity index (χ2v) is 8.35. The largest absolute Gasteiger partial charge is 0.416 e. The lowest BCUT2D eigenvalue weighted by molar-refractivity contribution is -0.137. The number of carbonyl (C=O) groups is 1. The minimum Gasteiger partial charge on any atom is -0.310 e. The maximum atomic E-state index is 12.9. The Kier molecular flexibility index (Phi) is 5.71. The van der Waals surface area contributed by atoms with Gasteiger partial charge in [-0.05, 0) is 43.2 Å². The Morgan fingerprint density at radius 1 is 1.11 bits per heavy atom. The molecule has 0 atom stereocenters. The first-order valence-electron chi connectivity index (χ1n) is 8.57. The van der Waals surface area contributed by atoms with Crippen LogP contribution in [-0.2, 0) is 21.0 Å². The van der Waals surface area contributed by atoms with Gasteiger partial charge in [-0.15, -0.1) is 0 Å². The number of carbonyl (C=O) groups excluding carboxylic acids is 1. The van der Waals surface area contributed by atoms with Crippen molar-refractivity contribution in [3.63, 3.8) is 0 Å². The van der Waals surface area contributed by atoms with E-state index in [2.05, 4.69) is 10.3 Å². The zero-order chi connectivity index (χ0) is 20.4. The molecule has 1 N–H and O–H groups in total. The zero-order valence-electron chi connectivity index (χ0n) is 14.7. The second kappa shape index (κ2) is 7.88. The summed E-state index contributed by atoms with van der Waals surface area (Å²) in [6.07, 6.45) is -2.53. The van der Waals surface area contributed by atoms with Gasteiger partial charge in [-0.1, -0.05) is 12.1 Å². The Balaban J connectivity index is 1.66. The predicted molar refractivity (Wildman–Crippen MR) is 95.8 cm³/mol. The SMILES string of the molecule is O=C(Nc1ccccn1)C1CCN(S(=O)(=O)c2cccc(C(F)(F)F)c2)CC1. The summed E-state index contributed by atoms with van der Waals surface area (Å²) in [6.45, 7) is 0.109. The van der Waals surface area contributed by atoms with Gasteiger partial charge in [0, 0.05) is 25.2 Å². The summed E-state index contributed by atoms with van der Waals surface area (Å²) in [7, 11) is -4.06. The van der Waals surface area contributed by atoms with Crippen molar-refractivity contribution in [3.05, 3.63) is 54.2 Å². The quantitative estimate of drug-likeness (QED) is 0.835. The number of aromatic nitrogens is 1. The molecule has 1 aromatic heterocycles. The topological polar surface area (TPSA) is 79.4 Å². The van der Waals surface area contributed by atoms with Crippen molar-refractivity contribution >= 4 is 21.7 Å². The molecule has 1 aliphatic heterocycles. The molecular formula is C18H18F3N3O3S. The fourth-order valence-electron chi connectivity index (χ4n) is 3.01. The molecule has 0 aliphatic carbocycles. The van der Waals surface area contributed by atoms with Crippen LogP contribution in [0.2, 0.25) is 0 Å². The molecule has 0 bridgehead atoms. The zero-order valence-corrected chi connectivity index (χ0v) is 15.5. The number of sulfonamides is 1. The van der Waals surface area contributed by atoms with Crippen LogP contribution in [0.4, 0.5) is 19.0 Å². The highest BCUT2D eigenvalue weighted by Gasteiger charge is 2.35. The monoisotopic (exact) mass is 413 g/mol. The molecule has 0 saturated carbocycles. The Morgan fingerprint density at radius 2 is 1.82 bits per heavy atom. The van der Waals surface area contributed by atoms with E-state index < -0.39 is 32.6 Å². The first kappa shape index (κ1) is 20.3. The van der Waals surface area contributed by atoms with E-state index >= 15 is 0 Å². The Bertz CT molecular complexity index is 941. The number of nitrogens with zero attached hydrogens (tertiary/aromatic N) is 2. The van der Waals surface area contributed by atoms with Gasteiger partial charge in [-0.3, -0.25) is 4.79 Å². The number of anilines is 1. The number of nitrogens with one attached hydrogen (secondary N) is 1. The van der Waals surface area contributed by atoms with Gasteiger partial charge in [0.15, 0.2) is 0 Å². The van der Waals surface area contributed by atoms with Crippen LogP contribution in [0.25, 0.3) is 0 Å². The third-order valence-corrected chi connectivity index (χ3v) is 6.43. The van der Waals surface area contributed by atoms with Crippen LogP contribution in [0.1, 0.15) is 18.4 Å². The van der Waals surface area contributed by atoms with E-state index in [9.17, 15) is 26.4 Å². The van der Waals surface area contributed by atoms with Crippen LogP contribution < -0.4 is 5.32 Å². The normalized spacial score (nSPS) is 16.7. The lowest BCUT2D eigenvalue weighted by Crippen LogP contribution is -2.41. The molecule has 1 amide bonds. The lowest BCUT2D eigenvalue weighted by atomic mass is 9.97. The molecule has 1 aliphatic rings. The third-order valence-electron chi connectivity index (χ3n) is 4.54. The second-order valence-electron chi connectivity index (χ2n) is 6.41. The summed E-state index contributed by atoms with van der Waals surface area (Å²) < 4.78 is 65.1. The highest BCUT2D eigenvalue weighted by molar-refractivity contribution is 7.89. The van der Waals surface area contributed by atoms with Gasteiger partial charge in [0.1, 0.15) is 5.82 Å². The molecule has 2 aromatic rings. The molecule has 6 nitrogen and oxygen atoms in total. The number of hydrogen-bond donors (Lipinski definition) is 1. The van der Waals surface area contributed by atoms with Crippen LogP contribution in [0.15, 0.2) is 53.6 Å². The number of rotatable bonds is 4. The van der Waals surface area contributed by atoms with E-state index in [4.69, 9.17) is 0 Å². The van der Waals surface area contributed by atoms with E-state index in [0.717, 1.165) is 22.5 Å². The van der Waals surface area contributed by atoms with Crippen molar-refractivity contribution in [3.8, 4) is 0 Å². The Morgan fingerprint density at radius 3 is 2.43 bits per heavy atom. The van der Waals surface area contributed by atoms with Gasteiger partial charge in [0.25, 0.3) is 0 Å². The average Bonchev–Trinajstić information content (AvgIpc) is 2.68. The van der Waals surface area contributed by atoms with E-state index in [1.165, 1.54) is 0 Å². The summed E-state index contributed by atoms with van der Waals surface area (Å²) >= 11 is 0. The first-order chi connectivity index (χ1) is 13.2. The molecule has 1 aromatic carbocycles. The fraction of sp³-hybridized carbons (Fsp3) is 0.333. The molecule has 10 heteroatoms. The number of piperidine rings is 1. The van der Waals surface area contributed by atoms with Crippen LogP contribution in [0.5, 0.6) is 0 Å². The van der Waals surface area contributed by atoms with E-state index in [1.807, 2.05) is 0 Å². The molecule has 28 heavy (non-hydrogen) atoms. The number of hydrogen-bond acceptors (Lipinski definition) is 4. The third kappa shape index (κ3) is 4.50. The van der Waals surface area contributed by atoms with E-state index in [0.29, 0.717) is 11.9 Å². The number of alkyl halides is 3. The molecule has 0 unspecified atom stereocenters. The highest BCUT2D eigenvalue weighted by atomic mass is 32.2.